The van der Waals surface area contributed by atoms with E-state index in [1.807, 2.05) is 16.6 Å². The Labute approximate surface area is 149 Å². The molecule has 0 atom stereocenters. The van der Waals surface area contributed by atoms with Crippen molar-refractivity contribution in [2.45, 2.75) is 72.6 Å². The van der Waals surface area contributed by atoms with Crippen LogP contribution >= 0.6 is 11.6 Å². The summed E-state index contributed by atoms with van der Waals surface area (Å²) in [6, 6.07) is 3.84. The minimum atomic E-state index is -2.44. The fourth-order valence-corrected chi connectivity index (χ4v) is 18.9. The molecule has 0 aliphatic carbocycles. The number of rotatable bonds is 10. The molecule has 0 N–H and O–H groups in total. The molecule has 5 heteroatoms. The van der Waals surface area contributed by atoms with E-state index in [4.69, 9.17) is 16.6 Å². The van der Waals surface area contributed by atoms with Crippen LogP contribution in [0.5, 0.6) is 0 Å². The molecule has 0 bridgehead atoms. The topological polar surface area (TPSA) is 30.2 Å². The molecule has 0 saturated heterocycles. The number of nitrogens with zero attached hydrogens (tertiary/aromatic N) is 3. The zero-order chi connectivity index (χ0) is 16.7. The molecular formula is C18H30ClN3Sn. The summed E-state index contributed by atoms with van der Waals surface area (Å²) in [5, 5.41) is 4.94. The van der Waals surface area contributed by atoms with Crippen molar-refractivity contribution < 1.29 is 0 Å². The van der Waals surface area contributed by atoms with E-state index in [9.17, 15) is 0 Å². The van der Waals surface area contributed by atoms with E-state index in [1.54, 1.807) is 0 Å². The summed E-state index contributed by atoms with van der Waals surface area (Å²) in [5.41, 5.74) is 0.954. The summed E-state index contributed by atoms with van der Waals surface area (Å²) < 4.78 is 7.62. The van der Waals surface area contributed by atoms with Gasteiger partial charge in [0.05, 0.1) is 0 Å². The number of hydrogen-bond donors (Lipinski definition) is 0. The first-order valence-corrected chi connectivity index (χ1v) is 17.0. The van der Waals surface area contributed by atoms with Gasteiger partial charge in [-0.25, -0.2) is 0 Å². The monoisotopic (exact) mass is 443 g/mol. The molecule has 3 nitrogen and oxygen atoms in total. The Bertz CT molecular complexity index is 590. The zero-order valence-corrected chi connectivity index (χ0v) is 18.4. The van der Waals surface area contributed by atoms with Crippen LogP contribution in [0.1, 0.15) is 59.3 Å². The van der Waals surface area contributed by atoms with E-state index in [1.165, 1.54) is 55.5 Å². The first kappa shape index (κ1) is 19.0. The second kappa shape index (κ2) is 9.26. The van der Waals surface area contributed by atoms with Crippen molar-refractivity contribution in [1.82, 2.24) is 14.6 Å². The van der Waals surface area contributed by atoms with E-state index in [0.717, 1.165) is 5.65 Å². The molecule has 0 radical (unpaired) electrons. The predicted molar refractivity (Wildman–Crippen MR) is 103 cm³/mol. The number of imidazole rings is 1. The van der Waals surface area contributed by atoms with Crippen LogP contribution in [0.2, 0.25) is 18.5 Å². The molecule has 0 saturated carbocycles. The summed E-state index contributed by atoms with van der Waals surface area (Å²) in [6.45, 7) is 6.92. The molecule has 0 aliphatic heterocycles. The number of fused-ring (bicyclic) bond motifs is 1. The van der Waals surface area contributed by atoms with Crippen LogP contribution in [0.3, 0.4) is 0 Å². The van der Waals surface area contributed by atoms with Crippen molar-refractivity contribution >= 4 is 39.3 Å². The maximum absolute atomic E-state index is 6.05. The molecule has 23 heavy (non-hydrogen) atoms. The van der Waals surface area contributed by atoms with Gasteiger partial charge in [0.1, 0.15) is 0 Å². The fraction of sp³-hybridized carbons (Fsp3) is 0.667. The second-order valence-corrected chi connectivity index (χ2v) is 20.1. The standard InChI is InChI=1S/C6H3ClN3.3C4H9.Sn/c7-5-1-2-6-8-3-4-10(6)9-5;3*1-3-4-2;/h1-2,4H;3*1,3-4H2,2H3;. The van der Waals surface area contributed by atoms with Crippen molar-refractivity contribution in [1.29, 1.82) is 0 Å². The van der Waals surface area contributed by atoms with Crippen molar-refractivity contribution in [3.63, 3.8) is 0 Å². The van der Waals surface area contributed by atoms with Gasteiger partial charge in [-0.15, -0.1) is 0 Å². The fourth-order valence-electron chi connectivity index (χ4n) is 3.42. The molecule has 2 aromatic heterocycles. The van der Waals surface area contributed by atoms with Gasteiger partial charge in [-0.1, -0.05) is 0 Å². The number of unbranched alkanes of at least 4 members (excludes halogenated alkanes) is 3. The van der Waals surface area contributed by atoms with Crippen molar-refractivity contribution in [2.24, 2.45) is 0 Å². The van der Waals surface area contributed by atoms with Crippen LogP contribution < -0.4 is 3.71 Å². The number of aromatic nitrogens is 3. The third-order valence-electron chi connectivity index (χ3n) is 4.86. The van der Waals surface area contributed by atoms with Crippen LogP contribution in [0.4, 0.5) is 0 Å². The summed E-state index contributed by atoms with van der Waals surface area (Å²) in [4.78, 5) is 5.02. The molecular weight excluding hydrogens is 412 g/mol. The van der Waals surface area contributed by atoms with Gasteiger partial charge in [0.25, 0.3) is 0 Å². The van der Waals surface area contributed by atoms with Gasteiger partial charge >= 0.3 is 150 Å². The second-order valence-electron chi connectivity index (χ2n) is 6.68. The Morgan fingerprint density at radius 3 is 2.04 bits per heavy atom. The minimum absolute atomic E-state index is 0.540. The van der Waals surface area contributed by atoms with Crippen molar-refractivity contribution in [3.05, 3.63) is 23.5 Å². The molecule has 0 fully saturated rings. The van der Waals surface area contributed by atoms with Crippen LogP contribution in [-0.4, -0.2) is 33.0 Å². The molecule has 0 spiro atoms. The van der Waals surface area contributed by atoms with Gasteiger partial charge < -0.3 is 0 Å². The summed E-state index contributed by atoms with van der Waals surface area (Å²) >= 11 is 3.61. The molecule has 2 rings (SSSR count). The van der Waals surface area contributed by atoms with Crippen molar-refractivity contribution in [2.75, 3.05) is 0 Å². The molecule has 128 valence electrons. The quantitative estimate of drug-likeness (QED) is 0.459. The Hall–Kier alpha value is -0.291. The SMILES string of the molecule is CCC[CH2][Sn]([CH2]CCC)([CH2]CCC)[c]1cn2nc(Cl)ccc2n1. The summed E-state index contributed by atoms with van der Waals surface area (Å²) in [7, 11) is 0. The van der Waals surface area contributed by atoms with E-state index in [-0.39, 0.29) is 0 Å². The molecule has 2 heterocycles. The van der Waals surface area contributed by atoms with Crippen LogP contribution in [0.25, 0.3) is 5.65 Å². The Balaban J connectivity index is 2.41. The zero-order valence-electron chi connectivity index (χ0n) is 14.8. The summed E-state index contributed by atoms with van der Waals surface area (Å²) in [6.07, 6.45) is 10.1. The molecule has 2 aromatic rings. The Morgan fingerprint density at radius 1 is 0.957 bits per heavy atom. The maximum atomic E-state index is 6.05. The average molecular weight is 443 g/mol. The first-order chi connectivity index (χ1) is 11.1. The predicted octanol–water partition coefficient (Wildman–Crippen LogP) is 5.44. The van der Waals surface area contributed by atoms with Crippen LogP contribution in [0.15, 0.2) is 18.3 Å². The first-order valence-electron chi connectivity index (χ1n) is 9.17. The van der Waals surface area contributed by atoms with Crippen LogP contribution in [0, 0.1) is 0 Å². The Kier molecular flexibility index (Phi) is 7.66. The van der Waals surface area contributed by atoms with E-state index in [2.05, 4.69) is 32.1 Å². The number of halogens is 1. The third kappa shape index (κ3) is 4.85. The van der Waals surface area contributed by atoms with Crippen LogP contribution in [-0.2, 0) is 0 Å². The Morgan fingerprint density at radius 2 is 1.52 bits per heavy atom. The third-order valence-corrected chi connectivity index (χ3v) is 20.1. The molecule has 0 unspecified atom stereocenters. The molecule has 0 aromatic carbocycles. The van der Waals surface area contributed by atoms with E-state index >= 15 is 0 Å². The summed E-state index contributed by atoms with van der Waals surface area (Å²) in [5.74, 6) is 0. The van der Waals surface area contributed by atoms with Gasteiger partial charge in [-0.2, -0.15) is 0 Å². The van der Waals surface area contributed by atoms with Gasteiger partial charge in [-0.05, 0) is 0 Å². The van der Waals surface area contributed by atoms with E-state index in [0.29, 0.717) is 5.15 Å². The number of hydrogen-bond acceptors (Lipinski definition) is 2. The van der Waals surface area contributed by atoms with Gasteiger partial charge in [-0.3, -0.25) is 0 Å². The van der Waals surface area contributed by atoms with Gasteiger partial charge in [0.2, 0.25) is 0 Å². The van der Waals surface area contributed by atoms with Gasteiger partial charge in [0, 0.05) is 0 Å². The van der Waals surface area contributed by atoms with Crippen molar-refractivity contribution in [3.8, 4) is 0 Å². The van der Waals surface area contributed by atoms with E-state index < -0.39 is 18.4 Å². The average Bonchev–Trinajstić information content (AvgIpc) is 2.98. The van der Waals surface area contributed by atoms with Gasteiger partial charge in [0.15, 0.2) is 0 Å². The molecule has 0 aliphatic rings. The normalized spacial score (nSPS) is 12.2. The molecule has 0 amide bonds.